The Balaban J connectivity index is 1.29. The molecule has 8 fully saturated rings. The second kappa shape index (κ2) is 10.8. The molecule has 0 heterocycles. The van der Waals surface area contributed by atoms with Crippen LogP contribution in [0, 0.1) is 58.1 Å². The van der Waals surface area contributed by atoms with E-state index in [0.717, 1.165) is 85.7 Å². The van der Waals surface area contributed by atoms with Crippen LogP contribution in [0.25, 0.3) is 0 Å². The lowest BCUT2D eigenvalue weighted by molar-refractivity contribution is -0.00689. The van der Waals surface area contributed by atoms with Crippen LogP contribution in [0.3, 0.4) is 0 Å². The van der Waals surface area contributed by atoms with Gasteiger partial charge < -0.3 is 9.29 Å². The van der Waals surface area contributed by atoms with E-state index in [-0.39, 0.29) is 16.7 Å². The lowest BCUT2D eigenvalue weighted by Gasteiger charge is -2.56. The average molecular weight is 923 g/mol. The molecule has 8 saturated carbocycles. The summed E-state index contributed by atoms with van der Waals surface area (Å²) in [5.74, 6) is 4.54. The summed E-state index contributed by atoms with van der Waals surface area (Å²) in [7, 11) is -4.75. The van der Waals surface area contributed by atoms with E-state index >= 15 is 0 Å². The second-order valence-corrected chi connectivity index (χ2v) is 19.2. The van der Waals surface area contributed by atoms with Gasteiger partial charge in [-0.3, -0.25) is 0 Å². The van der Waals surface area contributed by atoms with Crippen molar-refractivity contribution in [2.75, 3.05) is 0 Å². The van der Waals surface area contributed by atoms with E-state index in [2.05, 4.69) is 67.8 Å². The van der Waals surface area contributed by atoms with Gasteiger partial charge >= 0.3 is 5.97 Å². The highest BCUT2D eigenvalue weighted by Crippen LogP contribution is 2.63. The van der Waals surface area contributed by atoms with Crippen LogP contribution in [0.2, 0.25) is 0 Å². The fourth-order valence-corrected chi connectivity index (χ4v) is 14.4. The molecule has 224 valence electrons. The van der Waals surface area contributed by atoms with Gasteiger partial charge in [-0.1, -0.05) is 0 Å². The van der Waals surface area contributed by atoms with Crippen LogP contribution < -0.4 is 4.74 Å². The Labute approximate surface area is 289 Å². The summed E-state index contributed by atoms with van der Waals surface area (Å²) < 4.78 is 49.0. The molecule has 42 heavy (non-hydrogen) atoms. The molecule has 0 radical (unpaired) electrons. The van der Waals surface area contributed by atoms with E-state index in [0.29, 0.717) is 46.1 Å². The Morgan fingerprint density at radius 1 is 0.690 bits per heavy atom. The van der Waals surface area contributed by atoms with E-state index in [4.69, 9.17) is 4.74 Å². The number of ether oxygens (including phenoxy) is 1. The largest absolute Gasteiger partial charge is 0.744 e. The molecule has 8 bridgehead atoms. The predicted molar refractivity (Wildman–Crippen MR) is 184 cm³/mol. The topological polar surface area (TPSA) is 83.5 Å². The first kappa shape index (κ1) is 29.4. The lowest BCUT2D eigenvalue weighted by atomic mass is 9.49. The number of carbonyl (C=O) groups is 1. The first-order chi connectivity index (χ1) is 20.0. The number of hydrogen-bond acceptors (Lipinski definition) is 5. The van der Waals surface area contributed by atoms with Gasteiger partial charge in [0, 0.05) is 7.14 Å². The maximum atomic E-state index is 14.0. The molecule has 8 aliphatic carbocycles. The molecule has 9 heteroatoms. The van der Waals surface area contributed by atoms with Gasteiger partial charge in [0.05, 0.1) is 14.0 Å². The Morgan fingerprint density at radius 3 is 1.52 bits per heavy atom. The average Bonchev–Trinajstić information content (AvgIpc) is 2.89. The first-order valence-electron chi connectivity index (χ1n) is 15.5. The zero-order chi connectivity index (χ0) is 29.1. The summed E-state index contributed by atoms with van der Waals surface area (Å²) in [4.78, 5) is 14.0. The number of benzene rings is 2. The molecule has 0 saturated heterocycles. The van der Waals surface area contributed by atoms with Crippen LogP contribution >= 0.6 is 67.8 Å². The highest BCUT2D eigenvalue weighted by molar-refractivity contribution is 14.1. The van der Waals surface area contributed by atoms with E-state index < -0.39 is 16.1 Å². The Hall–Kier alpha value is 0.01000. The minimum Gasteiger partial charge on any atom is -0.744 e. The Bertz CT molecular complexity index is 1470. The summed E-state index contributed by atoms with van der Waals surface area (Å²) >= 11 is 6.70. The van der Waals surface area contributed by atoms with Gasteiger partial charge in [0.1, 0.15) is 15.9 Å². The quantitative estimate of drug-likeness (QED) is 0.0987. The standard InChI is InChI=1S/C33H35I3O5S/c34-24-13-27(35)31(36)28(14-24)41-33(37)23-11-25(29-19-3-15-1-16(5-19)6-20(29)4-15)32(42(38,39)40)26(12-23)30-21-7-17-2-18(9-21)10-22(30)8-17/h11-22,29-30H,1-10H2,(H,38,39,40)/p-1. The van der Waals surface area contributed by atoms with Crippen molar-refractivity contribution in [2.45, 2.75) is 80.9 Å². The number of carbonyl (C=O) groups excluding carboxylic acids is 1. The normalized spacial score (nSPS) is 37.8. The van der Waals surface area contributed by atoms with Gasteiger partial charge in [0.25, 0.3) is 0 Å². The number of halogens is 3. The molecular weight excluding hydrogens is 889 g/mol. The number of rotatable bonds is 5. The molecule has 2 aromatic carbocycles. The van der Waals surface area contributed by atoms with Crippen LogP contribution in [0.4, 0.5) is 0 Å². The van der Waals surface area contributed by atoms with Gasteiger partial charge in [-0.05, 0) is 227 Å². The SMILES string of the molecule is O=C(Oc1cc(I)cc(I)c1I)c1cc(C2C3CC4CC(C3)CC2C4)c(S(=O)(=O)[O-])c(C2C3CC4CC(C3)CC2C4)c1. The third kappa shape index (κ3) is 5.03. The Kier molecular flexibility index (Phi) is 7.56. The van der Waals surface area contributed by atoms with Crippen LogP contribution in [-0.4, -0.2) is 18.9 Å². The molecule has 0 unspecified atom stereocenters. The molecule has 0 N–H and O–H groups in total. The molecule has 10 rings (SSSR count). The third-order valence-corrected chi connectivity index (χ3v) is 16.6. The van der Waals surface area contributed by atoms with Crippen molar-refractivity contribution < 1.29 is 22.5 Å². The molecule has 5 nitrogen and oxygen atoms in total. The summed E-state index contributed by atoms with van der Waals surface area (Å²) in [6.45, 7) is 0. The van der Waals surface area contributed by atoms with Gasteiger partial charge in [0.2, 0.25) is 0 Å². The van der Waals surface area contributed by atoms with Crippen molar-refractivity contribution in [3.63, 3.8) is 0 Å². The monoisotopic (exact) mass is 923 g/mol. The minimum atomic E-state index is -4.75. The van der Waals surface area contributed by atoms with Crippen LogP contribution in [0.5, 0.6) is 5.75 Å². The molecule has 0 amide bonds. The zero-order valence-corrected chi connectivity index (χ0v) is 30.5. The molecule has 0 aliphatic heterocycles. The van der Waals surface area contributed by atoms with E-state index in [1.165, 1.54) is 12.8 Å². The van der Waals surface area contributed by atoms with Gasteiger partial charge in [-0.2, -0.15) is 0 Å². The fraction of sp³-hybridized carbons (Fsp3) is 0.606. The van der Waals surface area contributed by atoms with Crippen molar-refractivity contribution in [3.8, 4) is 5.75 Å². The number of esters is 1. The lowest BCUT2D eigenvalue weighted by Crippen LogP contribution is -2.45. The van der Waals surface area contributed by atoms with E-state index in [1.807, 2.05) is 12.1 Å². The van der Waals surface area contributed by atoms with E-state index in [1.54, 1.807) is 12.1 Å². The smallest absolute Gasteiger partial charge is 0.343 e. The molecule has 0 aromatic heterocycles. The molecule has 0 atom stereocenters. The van der Waals surface area contributed by atoms with Crippen molar-refractivity contribution in [3.05, 3.63) is 51.7 Å². The van der Waals surface area contributed by atoms with Gasteiger partial charge in [0.15, 0.2) is 0 Å². The van der Waals surface area contributed by atoms with Gasteiger partial charge in [-0.15, -0.1) is 0 Å². The first-order valence-corrected chi connectivity index (χ1v) is 20.2. The fourth-order valence-electron chi connectivity index (χ4n) is 11.2. The predicted octanol–water partition coefficient (Wildman–Crippen LogP) is 8.70. The van der Waals surface area contributed by atoms with Crippen molar-refractivity contribution in [1.82, 2.24) is 0 Å². The highest BCUT2D eigenvalue weighted by Gasteiger charge is 2.52. The maximum absolute atomic E-state index is 14.0. The van der Waals surface area contributed by atoms with E-state index in [9.17, 15) is 17.8 Å². The minimum absolute atomic E-state index is 0.0265. The maximum Gasteiger partial charge on any atom is 0.343 e. The molecule has 8 aliphatic rings. The molecular formula is C33H34I3O5S-. The second-order valence-electron chi connectivity index (χ2n) is 14.4. The molecule has 0 spiro atoms. The van der Waals surface area contributed by atoms with Crippen molar-refractivity contribution in [2.24, 2.45) is 47.3 Å². The zero-order valence-electron chi connectivity index (χ0n) is 23.2. The third-order valence-electron chi connectivity index (χ3n) is 12.0. The molecule has 2 aromatic rings. The van der Waals surface area contributed by atoms with Gasteiger partial charge in [-0.25, -0.2) is 13.2 Å². The van der Waals surface area contributed by atoms with Crippen LogP contribution in [0.15, 0.2) is 29.2 Å². The van der Waals surface area contributed by atoms with Crippen LogP contribution in [-0.2, 0) is 10.1 Å². The van der Waals surface area contributed by atoms with Crippen molar-refractivity contribution in [1.29, 1.82) is 0 Å². The summed E-state index contributed by atoms with van der Waals surface area (Å²) in [6, 6.07) is 7.45. The van der Waals surface area contributed by atoms with Crippen molar-refractivity contribution >= 4 is 83.9 Å². The highest BCUT2D eigenvalue weighted by atomic mass is 127. The summed E-state index contributed by atoms with van der Waals surface area (Å²) in [5, 5.41) is 0. The Morgan fingerprint density at radius 2 is 1.12 bits per heavy atom. The summed E-state index contributed by atoms with van der Waals surface area (Å²) in [5.41, 5.74) is 1.69. The number of hydrogen-bond donors (Lipinski definition) is 0. The van der Waals surface area contributed by atoms with Crippen LogP contribution in [0.1, 0.15) is 97.5 Å². The summed E-state index contributed by atoms with van der Waals surface area (Å²) in [6.07, 6.45) is 11.5.